The van der Waals surface area contributed by atoms with E-state index in [1.165, 1.54) is 6.07 Å². The quantitative estimate of drug-likeness (QED) is 0.866. The van der Waals surface area contributed by atoms with E-state index in [9.17, 15) is 13.6 Å². The van der Waals surface area contributed by atoms with Crippen LogP contribution in [0.2, 0.25) is 0 Å². The number of aromatic nitrogens is 1. The minimum absolute atomic E-state index is 0.0765. The summed E-state index contributed by atoms with van der Waals surface area (Å²) in [6, 6.07) is 3.31. The van der Waals surface area contributed by atoms with Crippen molar-refractivity contribution in [1.82, 2.24) is 5.16 Å². The van der Waals surface area contributed by atoms with Gasteiger partial charge in [0.25, 0.3) is 0 Å². The summed E-state index contributed by atoms with van der Waals surface area (Å²) in [5.41, 5.74) is 0.328. The molecule has 0 radical (unpaired) electrons. The zero-order chi connectivity index (χ0) is 12.6. The van der Waals surface area contributed by atoms with Crippen LogP contribution in [0.15, 0.2) is 27.2 Å². The largest absolute Gasteiger partial charge is 0.475 e. The van der Waals surface area contributed by atoms with Crippen molar-refractivity contribution < 1.29 is 23.2 Å². The van der Waals surface area contributed by atoms with Gasteiger partial charge in [-0.3, -0.25) is 0 Å². The second-order valence-electron chi connectivity index (χ2n) is 3.14. The summed E-state index contributed by atoms with van der Waals surface area (Å²) in [5.74, 6) is -3.74. The molecule has 1 heterocycles. The molecule has 2 rings (SSSR count). The zero-order valence-corrected chi connectivity index (χ0v) is 9.66. The highest BCUT2D eigenvalue weighted by atomic mass is 79.9. The van der Waals surface area contributed by atoms with Gasteiger partial charge in [-0.1, -0.05) is 5.16 Å². The minimum atomic E-state index is -1.29. The maximum Gasteiger partial charge on any atom is 0.374 e. The molecule has 1 N–H and O–H groups in total. The van der Waals surface area contributed by atoms with Crippen molar-refractivity contribution in [2.45, 2.75) is 0 Å². The Morgan fingerprint density at radius 2 is 2.06 bits per heavy atom. The molecule has 0 saturated carbocycles. The molecule has 0 fully saturated rings. The summed E-state index contributed by atoms with van der Waals surface area (Å²) < 4.78 is 30.5. The Hall–Kier alpha value is -1.76. The lowest BCUT2D eigenvalue weighted by atomic mass is 10.1. The van der Waals surface area contributed by atoms with Gasteiger partial charge in [-0.25, -0.2) is 13.6 Å². The van der Waals surface area contributed by atoms with Crippen molar-refractivity contribution in [3.63, 3.8) is 0 Å². The van der Waals surface area contributed by atoms with Gasteiger partial charge >= 0.3 is 5.97 Å². The van der Waals surface area contributed by atoms with E-state index in [2.05, 4.69) is 25.6 Å². The standard InChI is InChI=1S/C10H4BrF2NO3/c11-5-1-4(2-6(12)9(5)13)7-3-8(10(15)16)17-14-7/h1-3H,(H,15,16). The predicted molar refractivity (Wildman–Crippen MR) is 56.5 cm³/mol. The molecular weight excluding hydrogens is 300 g/mol. The Morgan fingerprint density at radius 1 is 1.35 bits per heavy atom. The first-order chi connectivity index (χ1) is 7.99. The predicted octanol–water partition coefficient (Wildman–Crippen LogP) is 3.08. The third-order valence-corrected chi connectivity index (χ3v) is 2.58. The van der Waals surface area contributed by atoms with E-state index in [0.717, 1.165) is 12.1 Å². The Morgan fingerprint density at radius 3 is 2.59 bits per heavy atom. The van der Waals surface area contributed by atoms with Crippen LogP contribution in [0, 0.1) is 11.6 Å². The molecule has 1 aromatic heterocycles. The van der Waals surface area contributed by atoms with Gasteiger partial charge < -0.3 is 9.63 Å². The van der Waals surface area contributed by atoms with Gasteiger partial charge in [0.15, 0.2) is 11.6 Å². The van der Waals surface area contributed by atoms with Crippen LogP contribution in [0.1, 0.15) is 10.6 Å². The number of carboxylic acid groups (broad SMARTS) is 1. The van der Waals surface area contributed by atoms with Gasteiger partial charge in [0, 0.05) is 11.6 Å². The van der Waals surface area contributed by atoms with Crippen LogP contribution in [-0.2, 0) is 0 Å². The molecule has 0 aliphatic heterocycles. The molecule has 7 heteroatoms. The zero-order valence-electron chi connectivity index (χ0n) is 8.08. The summed E-state index contributed by atoms with van der Waals surface area (Å²) in [6.45, 7) is 0. The van der Waals surface area contributed by atoms with Crippen molar-refractivity contribution in [1.29, 1.82) is 0 Å². The number of carbonyl (C=O) groups is 1. The molecule has 1 aromatic carbocycles. The summed E-state index contributed by atoms with van der Waals surface area (Å²) in [4.78, 5) is 10.6. The van der Waals surface area contributed by atoms with Gasteiger partial charge in [0.2, 0.25) is 5.76 Å². The molecular formula is C10H4BrF2NO3. The van der Waals surface area contributed by atoms with Crippen molar-refractivity contribution in [3.05, 3.63) is 40.1 Å². The highest BCUT2D eigenvalue weighted by molar-refractivity contribution is 9.10. The number of hydrogen-bond acceptors (Lipinski definition) is 3. The fourth-order valence-corrected chi connectivity index (χ4v) is 1.65. The molecule has 0 aliphatic carbocycles. The monoisotopic (exact) mass is 303 g/mol. The maximum atomic E-state index is 13.1. The van der Waals surface area contributed by atoms with Crippen LogP contribution in [0.5, 0.6) is 0 Å². The van der Waals surface area contributed by atoms with E-state index in [-0.39, 0.29) is 21.5 Å². The average Bonchev–Trinajstić information content (AvgIpc) is 2.74. The number of aromatic carboxylic acids is 1. The molecule has 0 bridgehead atoms. The SMILES string of the molecule is O=C(O)c1cc(-c2cc(F)c(F)c(Br)c2)no1. The number of halogens is 3. The number of benzene rings is 1. The molecule has 88 valence electrons. The van der Waals surface area contributed by atoms with Gasteiger partial charge in [0.1, 0.15) is 5.69 Å². The Balaban J connectivity index is 2.49. The molecule has 2 aromatic rings. The van der Waals surface area contributed by atoms with Crippen molar-refractivity contribution in [2.75, 3.05) is 0 Å². The Bertz CT molecular complexity index is 574. The molecule has 0 aliphatic rings. The molecule has 0 amide bonds. The van der Waals surface area contributed by atoms with Gasteiger partial charge in [-0.05, 0) is 28.1 Å². The number of nitrogens with zero attached hydrogens (tertiary/aromatic N) is 1. The lowest BCUT2D eigenvalue weighted by Gasteiger charge is -1.99. The van der Waals surface area contributed by atoms with Crippen LogP contribution in [0.25, 0.3) is 11.3 Å². The maximum absolute atomic E-state index is 13.1. The van der Waals surface area contributed by atoms with Crippen LogP contribution in [0.4, 0.5) is 8.78 Å². The molecule has 0 atom stereocenters. The first-order valence-corrected chi connectivity index (χ1v) is 5.13. The fourth-order valence-electron chi connectivity index (χ4n) is 1.22. The topological polar surface area (TPSA) is 63.3 Å². The van der Waals surface area contributed by atoms with E-state index >= 15 is 0 Å². The summed E-state index contributed by atoms with van der Waals surface area (Å²) in [6.07, 6.45) is 0. The van der Waals surface area contributed by atoms with E-state index in [1.54, 1.807) is 0 Å². The summed E-state index contributed by atoms with van der Waals surface area (Å²) in [5, 5.41) is 12.1. The Kier molecular flexibility index (Phi) is 2.93. The van der Waals surface area contributed by atoms with Crippen LogP contribution in [-0.4, -0.2) is 16.2 Å². The van der Waals surface area contributed by atoms with Crippen molar-refractivity contribution in [2.24, 2.45) is 0 Å². The molecule has 0 saturated heterocycles. The first kappa shape index (κ1) is 11.7. The Labute approximate surface area is 102 Å². The lowest BCUT2D eigenvalue weighted by molar-refractivity contribution is 0.0652. The number of rotatable bonds is 2. The average molecular weight is 304 g/mol. The normalized spacial score (nSPS) is 10.5. The molecule has 17 heavy (non-hydrogen) atoms. The van der Waals surface area contributed by atoms with Crippen molar-refractivity contribution >= 4 is 21.9 Å². The highest BCUT2D eigenvalue weighted by Crippen LogP contribution is 2.27. The highest BCUT2D eigenvalue weighted by Gasteiger charge is 2.15. The number of hydrogen-bond donors (Lipinski definition) is 1. The van der Waals surface area contributed by atoms with E-state index in [0.29, 0.717) is 0 Å². The van der Waals surface area contributed by atoms with Crippen molar-refractivity contribution in [3.8, 4) is 11.3 Å². The third kappa shape index (κ3) is 2.19. The number of carboxylic acids is 1. The van der Waals surface area contributed by atoms with Crippen LogP contribution >= 0.6 is 15.9 Å². The third-order valence-electron chi connectivity index (χ3n) is 2.00. The van der Waals surface area contributed by atoms with Gasteiger partial charge in [-0.2, -0.15) is 0 Å². The second kappa shape index (κ2) is 4.25. The molecule has 0 unspecified atom stereocenters. The smallest absolute Gasteiger partial charge is 0.374 e. The summed E-state index contributed by atoms with van der Waals surface area (Å²) in [7, 11) is 0. The van der Waals surface area contributed by atoms with Gasteiger partial charge in [-0.15, -0.1) is 0 Å². The first-order valence-electron chi connectivity index (χ1n) is 4.34. The van der Waals surface area contributed by atoms with Gasteiger partial charge in [0.05, 0.1) is 4.47 Å². The molecule has 0 spiro atoms. The van der Waals surface area contributed by atoms with Crippen LogP contribution < -0.4 is 0 Å². The van der Waals surface area contributed by atoms with Crippen LogP contribution in [0.3, 0.4) is 0 Å². The van der Waals surface area contributed by atoms with E-state index in [1.807, 2.05) is 0 Å². The van der Waals surface area contributed by atoms with E-state index < -0.39 is 17.6 Å². The lowest BCUT2D eigenvalue weighted by Crippen LogP contribution is -1.91. The minimum Gasteiger partial charge on any atom is -0.475 e. The van der Waals surface area contributed by atoms with E-state index in [4.69, 9.17) is 5.11 Å². The second-order valence-corrected chi connectivity index (χ2v) is 3.99. The fraction of sp³-hybridized carbons (Fsp3) is 0. The summed E-state index contributed by atoms with van der Waals surface area (Å²) >= 11 is 2.84. The molecule has 4 nitrogen and oxygen atoms in total.